The van der Waals surface area contributed by atoms with E-state index >= 15 is 4.39 Å². The summed E-state index contributed by atoms with van der Waals surface area (Å²) in [6.07, 6.45) is 1.40. The van der Waals surface area contributed by atoms with Gasteiger partial charge in [0.1, 0.15) is 22.6 Å². The Hall–Kier alpha value is -5.21. The molecule has 16 heteroatoms. The Bertz CT molecular complexity index is 2120. The molecule has 6 rings (SSSR count). The number of ether oxygens (including phenoxy) is 1. The van der Waals surface area contributed by atoms with Crippen LogP contribution >= 0.6 is 11.6 Å². The monoisotopic (exact) mass is 761 g/mol. The number of carboxylic acid groups (broad SMARTS) is 1. The number of carbonyl (C=O) groups excluding carboxylic acids is 2. The van der Waals surface area contributed by atoms with E-state index in [1.807, 2.05) is 0 Å². The van der Waals surface area contributed by atoms with Crippen LogP contribution in [0.3, 0.4) is 0 Å². The minimum Gasteiger partial charge on any atom is -0.530 e. The summed E-state index contributed by atoms with van der Waals surface area (Å²) < 4.78 is 50.4. The third kappa shape index (κ3) is 8.39. The number of carbonyl (C=O) groups is 2. The van der Waals surface area contributed by atoms with E-state index in [4.69, 9.17) is 21.9 Å². The molecule has 1 spiro atoms. The van der Waals surface area contributed by atoms with Crippen molar-refractivity contribution >= 4 is 39.3 Å². The van der Waals surface area contributed by atoms with Crippen LogP contribution in [0.15, 0.2) is 101 Å². The summed E-state index contributed by atoms with van der Waals surface area (Å²) in [5.41, 5.74) is 8.39. The molecule has 2 amide bonds. The lowest BCUT2D eigenvalue weighted by molar-refractivity contribution is -0.266. The zero-order valence-corrected chi connectivity index (χ0v) is 30.3. The van der Waals surface area contributed by atoms with Crippen molar-refractivity contribution < 1.29 is 32.2 Å². The number of sulfonamides is 1. The molecule has 1 saturated heterocycles. The van der Waals surface area contributed by atoms with E-state index < -0.39 is 51.3 Å². The fourth-order valence-corrected chi connectivity index (χ4v) is 8.81. The van der Waals surface area contributed by atoms with Crippen molar-refractivity contribution in [2.24, 2.45) is 10.5 Å². The Kier molecular flexibility index (Phi) is 11.2. The van der Waals surface area contributed by atoms with Crippen LogP contribution in [0.1, 0.15) is 41.9 Å². The van der Waals surface area contributed by atoms with Gasteiger partial charge in [0.15, 0.2) is 0 Å². The maximum Gasteiger partial charge on any atom is 0.257 e. The van der Waals surface area contributed by atoms with Crippen LogP contribution in [0, 0.1) is 16.8 Å². The fraction of sp³-hybridized carbons (Fsp3) is 0.324. The van der Waals surface area contributed by atoms with Crippen molar-refractivity contribution in [2.45, 2.75) is 48.6 Å². The van der Waals surface area contributed by atoms with E-state index in [1.54, 1.807) is 54.6 Å². The molecule has 2 N–H and O–H groups in total. The highest BCUT2D eigenvalue weighted by molar-refractivity contribution is 7.89. The number of pyridine rings is 1. The Balaban J connectivity index is 1.31. The number of methoxy groups -OCH3 is 1. The maximum atomic E-state index is 15.7. The second kappa shape index (κ2) is 15.8. The standard InChI is InChI=1S/C37H37ClFN7O6S/c1-52-32-17-12-25(20-41-32)33(24-10-13-26(38)14-11-24)34(43-44-40)35(47)42-31-9-5-8-30(39)29(31)16-15-27-21-45(36(48)49)22-37(18-19-37)23-46(27)53(50,51)28-6-3-2-4-7-28/h2-14,17,20,27,33-34,40H,15-16,18-19,21-23H2,1H3,(H-,42,47,48,49)/t27?,33-,34-/m0/s1. The number of nitrogens with one attached hydrogen (secondary N) is 2. The molecule has 2 fully saturated rings. The number of rotatable bonds is 12. The predicted octanol–water partition coefficient (Wildman–Crippen LogP) is 5.00. The molecule has 3 atom stereocenters. The second-order valence-corrected chi connectivity index (χ2v) is 15.6. The summed E-state index contributed by atoms with van der Waals surface area (Å²) in [7, 11) is -2.61. The Morgan fingerprint density at radius 2 is 1.79 bits per heavy atom. The molecule has 1 aliphatic carbocycles. The Morgan fingerprint density at radius 3 is 2.42 bits per heavy atom. The first-order chi connectivity index (χ1) is 25.4. The highest BCUT2D eigenvalue weighted by atomic mass is 35.5. The molecular formula is C37H37ClFN7O6S. The molecule has 1 unspecified atom stereocenters. The molecule has 276 valence electrons. The summed E-state index contributed by atoms with van der Waals surface area (Å²) in [6, 6.07) is 19.9. The number of aromatic nitrogens is 1. The van der Waals surface area contributed by atoms with Crippen molar-refractivity contribution in [1.82, 2.24) is 19.1 Å². The number of hydrogen-bond acceptors (Lipinski definition) is 9. The minimum atomic E-state index is -4.08. The molecule has 3 aromatic carbocycles. The quantitative estimate of drug-likeness (QED) is 0.150. The SMILES string of the molecule is COc1ccc([C@H](c2ccc(Cl)cc2)[C@H](N=[N+]=N)C(=O)Nc2cccc(F)c2CCC2CN(C(=O)[O-])CC3(CC3)CN2S(=O)(=O)c2ccccc2)cn1. The predicted molar refractivity (Wildman–Crippen MR) is 191 cm³/mol. The zero-order valence-electron chi connectivity index (χ0n) is 28.7. The molecule has 0 radical (unpaired) electrons. The van der Waals surface area contributed by atoms with Gasteiger partial charge in [0.25, 0.3) is 5.91 Å². The summed E-state index contributed by atoms with van der Waals surface area (Å²) in [5, 5.41) is 19.4. The highest BCUT2D eigenvalue weighted by Crippen LogP contribution is 2.49. The molecule has 2 heterocycles. The van der Waals surface area contributed by atoms with Gasteiger partial charge in [0.05, 0.1) is 12.0 Å². The van der Waals surface area contributed by atoms with Gasteiger partial charge >= 0.3 is 0 Å². The summed E-state index contributed by atoms with van der Waals surface area (Å²) in [5.74, 6) is -1.82. The van der Waals surface area contributed by atoms with E-state index in [2.05, 4.69) is 20.3 Å². The van der Waals surface area contributed by atoms with E-state index in [0.717, 1.165) is 4.90 Å². The summed E-state index contributed by atoms with van der Waals surface area (Å²) in [6.45, 7) is 0.0701. The lowest BCUT2D eigenvalue weighted by atomic mass is 9.85. The fourth-order valence-electron chi connectivity index (χ4n) is 6.90. The van der Waals surface area contributed by atoms with Crippen LogP contribution in [0.5, 0.6) is 5.88 Å². The number of hydrogen-bond donors (Lipinski definition) is 2. The third-order valence-corrected chi connectivity index (χ3v) is 12.0. The topological polar surface area (TPSA) is 182 Å². The van der Waals surface area contributed by atoms with E-state index in [-0.39, 0.29) is 48.6 Å². The molecule has 1 saturated carbocycles. The van der Waals surface area contributed by atoms with Crippen molar-refractivity contribution in [1.29, 1.82) is 5.53 Å². The summed E-state index contributed by atoms with van der Waals surface area (Å²) in [4.78, 5) is 35.0. The zero-order chi connectivity index (χ0) is 37.8. The molecule has 4 aromatic rings. The largest absolute Gasteiger partial charge is 0.530 e. The van der Waals surface area contributed by atoms with E-state index in [9.17, 15) is 23.1 Å². The van der Waals surface area contributed by atoms with Crippen LogP contribution in [-0.2, 0) is 21.2 Å². The van der Waals surface area contributed by atoms with Crippen molar-refractivity contribution in [3.8, 4) is 5.88 Å². The normalized spacial score (nSPS) is 17.9. The second-order valence-electron chi connectivity index (χ2n) is 13.3. The van der Waals surface area contributed by atoms with Crippen LogP contribution in [0.4, 0.5) is 14.9 Å². The van der Waals surface area contributed by atoms with Gasteiger partial charge in [-0.2, -0.15) is 4.31 Å². The van der Waals surface area contributed by atoms with Crippen molar-refractivity contribution in [2.75, 3.05) is 32.1 Å². The van der Waals surface area contributed by atoms with Gasteiger partial charge in [-0.25, -0.2) is 17.8 Å². The lowest BCUT2D eigenvalue weighted by Gasteiger charge is -2.32. The average Bonchev–Trinajstić information content (AvgIpc) is 3.95. The summed E-state index contributed by atoms with van der Waals surface area (Å²) >= 11 is 6.16. The maximum absolute atomic E-state index is 15.7. The average molecular weight is 762 g/mol. The third-order valence-electron chi connectivity index (χ3n) is 9.85. The first kappa shape index (κ1) is 37.5. The molecule has 13 nitrogen and oxygen atoms in total. The number of benzene rings is 3. The van der Waals surface area contributed by atoms with Gasteiger partial charge < -0.3 is 24.9 Å². The lowest BCUT2D eigenvalue weighted by Crippen LogP contribution is -2.48. The van der Waals surface area contributed by atoms with Gasteiger partial charge in [0.2, 0.25) is 26.9 Å². The number of halogens is 2. The van der Waals surface area contributed by atoms with Crippen LogP contribution in [0.25, 0.3) is 0 Å². The van der Waals surface area contributed by atoms with E-state index in [1.165, 1.54) is 47.9 Å². The number of amides is 2. The van der Waals surface area contributed by atoms with Gasteiger partial charge in [0, 0.05) is 65.5 Å². The van der Waals surface area contributed by atoms with Crippen molar-refractivity contribution in [3.63, 3.8) is 0 Å². The Morgan fingerprint density at radius 1 is 1.08 bits per heavy atom. The first-order valence-electron chi connectivity index (χ1n) is 16.9. The van der Waals surface area contributed by atoms with Crippen molar-refractivity contribution in [3.05, 3.63) is 119 Å². The molecule has 53 heavy (non-hydrogen) atoms. The molecule has 1 aliphatic heterocycles. The Labute approximate surface area is 311 Å². The molecular weight excluding hydrogens is 725 g/mol. The smallest absolute Gasteiger partial charge is 0.257 e. The van der Waals surface area contributed by atoms with Gasteiger partial charge in [-0.3, -0.25) is 4.79 Å². The van der Waals surface area contributed by atoms with Crippen LogP contribution in [-0.4, -0.2) is 73.4 Å². The number of anilines is 1. The highest BCUT2D eigenvalue weighted by Gasteiger charge is 2.51. The molecule has 1 aromatic heterocycles. The van der Waals surface area contributed by atoms with Gasteiger partial charge in [-0.05, 0) is 73.2 Å². The van der Waals surface area contributed by atoms with Gasteiger partial charge in [-0.15, -0.1) is 0 Å². The first-order valence-corrected chi connectivity index (χ1v) is 18.7. The van der Waals surface area contributed by atoms with E-state index in [0.29, 0.717) is 34.9 Å². The molecule has 2 aliphatic rings. The van der Waals surface area contributed by atoms with Crippen LogP contribution in [0.2, 0.25) is 5.02 Å². The minimum absolute atomic E-state index is 0.0243. The molecule has 0 bridgehead atoms. The number of nitrogens with zero attached hydrogens (tertiary/aromatic N) is 5. The van der Waals surface area contributed by atoms with Gasteiger partial charge in [-0.1, -0.05) is 54.1 Å². The van der Waals surface area contributed by atoms with Crippen LogP contribution < -0.4 is 20.1 Å².